The Labute approximate surface area is 167 Å². The van der Waals surface area contributed by atoms with E-state index in [1.54, 1.807) is 4.52 Å². The van der Waals surface area contributed by atoms with Crippen LogP contribution in [0.4, 0.5) is 5.95 Å². The number of piperidine rings is 1. The van der Waals surface area contributed by atoms with Crippen molar-refractivity contribution in [3.8, 4) is 11.3 Å². The highest BCUT2D eigenvalue weighted by atomic mass is 16.1. The lowest BCUT2D eigenvalue weighted by atomic mass is 10.1. The first kappa shape index (κ1) is 17.8. The van der Waals surface area contributed by atoms with Gasteiger partial charge in [0.05, 0.1) is 28.5 Å². The summed E-state index contributed by atoms with van der Waals surface area (Å²) in [5, 5.41) is 11.9. The molecule has 0 atom stereocenters. The van der Waals surface area contributed by atoms with E-state index in [1.807, 2.05) is 44.3 Å². The number of benzene rings is 1. The molecule has 3 aromatic heterocycles. The fraction of sp³-hybridized carbons (Fsp3) is 0.333. The average molecular weight is 389 g/mol. The van der Waals surface area contributed by atoms with Gasteiger partial charge in [0.2, 0.25) is 5.95 Å². The molecule has 0 amide bonds. The summed E-state index contributed by atoms with van der Waals surface area (Å²) in [5.41, 5.74) is 5.00. The number of nitrogens with zero attached hydrogens (tertiary/aromatic N) is 4. The van der Waals surface area contributed by atoms with Crippen LogP contribution in [0.3, 0.4) is 0 Å². The van der Waals surface area contributed by atoms with Crippen LogP contribution >= 0.6 is 0 Å². The number of H-pyrrole nitrogens is 1. The van der Waals surface area contributed by atoms with Crippen LogP contribution in [-0.2, 0) is 0 Å². The van der Waals surface area contributed by atoms with Crippen LogP contribution in [-0.4, -0.2) is 43.7 Å². The van der Waals surface area contributed by atoms with Crippen molar-refractivity contribution in [3.05, 3.63) is 52.1 Å². The monoisotopic (exact) mass is 389 g/mol. The van der Waals surface area contributed by atoms with E-state index >= 15 is 0 Å². The summed E-state index contributed by atoms with van der Waals surface area (Å²) >= 11 is 0. The van der Waals surface area contributed by atoms with Crippen molar-refractivity contribution in [2.45, 2.75) is 32.7 Å². The van der Waals surface area contributed by atoms with Gasteiger partial charge in [-0.05, 0) is 63.5 Å². The lowest BCUT2D eigenvalue weighted by molar-refractivity contribution is 0.477. The number of fused-ring (bicyclic) bond motifs is 2. The third-order valence-corrected chi connectivity index (χ3v) is 5.41. The van der Waals surface area contributed by atoms with Crippen molar-refractivity contribution >= 4 is 22.5 Å². The number of imidazole rings is 1. The number of hydrogen-bond acceptors (Lipinski definition) is 6. The average Bonchev–Trinajstić information content (AvgIpc) is 3.09. The van der Waals surface area contributed by atoms with E-state index in [4.69, 9.17) is 0 Å². The highest BCUT2D eigenvalue weighted by Crippen LogP contribution is 2.23. The molecule has 8 nitrogen and oxygen atoms in total. The molecule has 1 saturated heterocycles. The standard InChI is InChI=1S/C21H23N7O/c1-12-9-18(27-28-11-13(2)23-19(12)28)14-3-4-17-16(10-14)20(29)26-21(25-17)24-15-5-7-22-8-6-15/h3-4,9-11,15,22H,5-8H2,1-2H3,(H2,24,25,26,29). The van der Waals surface area contributed by atoms with Gasteiger partial charge in [0.15, 0.2) is 5.65 Å². The van der Waals surface area contributed by atoms with Gasteiger partial charge in [-0.2, -0.15) is 5.10 Å². The SMILES string of the molecule is Cc1cn2nc(-c3ccc4nc(NC5CCNCC5)[nH]c(=O)c4c3)cc(C)c2n1. The minimum absolute atomic E-state index is 0.149. The summed E-state index contributed by atoms with van der Waals surface area (Å²) in [6.07, 6.45) is 3.93. The van der Waals surface area contributed by atoms with E-state index in [9.17, 15) is 4.79 Å². The second-order valence-electron chi connectivity index (χ2n) is 7.68. The van der Waals surface area contributed by atoms with Gasteiger partial charge in [0.1, 0.15) is 0 Å². The van der Waals surface area contributed by atoms with E-state index < -0.39 is 0 Å². The smallest absolute Gasteiger partial charge is 0.260 e. The van der Waals surface area contributed by atoms with Crippen LogP contribution in [0.15, 0.2) is 35.3 Å². The van der Waals surface area contributed by atoms with Gasteiger partial charge in [-0.1, -0.05) is 6.07 Å². The number of hydrogen-bond donors (Lipinski definition) is 3. The Bertz CT molecular complexity index is 1270. The van der Waals surface area contributed by atoms with Crippen molar-refractivity contribution in [1.29, 1.82) is 0 Å². The second kappa shape index (κ2) is 6.97. The van der Waals surface area contributed by atoms with Crippen LogP contribution < -0.4 is 16.2 Å². The Balaban J connectivity index is 1.52. The zero-order chi connectivity index (χ0) is 20.0. The summed E-state index contributed by atoms with van der Waals surface area (Å²) in [6, 6.07) is 8.02. The molecule has 0 bridgehead atoms. The molecule has 1 aromatic carbocycles. The van der Waals surface area contributed by atoms with Gasteiger partial charge in [0, 0.05) is 11.6 Å². The van der Waals surface area contributed by atoms with Gasteiger partial charge in [-0.3, -0.25) is 9.78 Å². The Hall–Kier alpha value is -3.26. The van der Waals surface area contributed by atoms with E-state index in [0.717, 1.165) is 54.1 Å². The molecule has 1 aliphatic heterocycles. The minimum atomic E-state index is -0.149. The molecule has 0 aliphatic carbocycles. The molecular weight excluding hydrogens is 366 g/mol. The number of aromatic nitrogens is 5. The molecule has 4 aromatic rings. The molecule has 3 N–H and O–H groups in total. The summed E-state index contributed by atoms with van der Waals surface area (Å²) < 4.78 is 1.79. The highest BCUT2D eigenvalue weighted by molar-refractivity contribution is 5.84. The zero-order valence-corrected chi connectivity index (χ0v) is 16.5. The van der Waals surface area contributed by atoms with E-state index in [-0.39, 0.29) is 5.56 Å². The molecule has 29 heavy (non-hydrogen) atoms. The van der Waals surface area contributed by atoms with Crippen LogP contribution in [0.2, 0.25) is 0 Å². The quantitative estimate of drug-likeness (QED) is 0.498. The van der Waals surface area contributed by atoms with Crippen molar-refractivity contribution in [3.63, 3.8) is 0 Å². The van der Waals surface area contributed by atoms with Crippen molar-refractivity contribution < 1.29 is 0 Å². The third kappa shape index (κ3) is 3.36. The second-order valence-corrected chi connectivity index (χ2v) is 7.68. The largest absolute Gasteiger partial charge is 0.353 e. The molecule has 5 rings (SSSR count). The molecule has 148 valence electrons. The molecule has 0 radical (unpaired) electrons. The minimum Gasteiger partial charge on any atom is -0.353 e. The molecule has 0 saturated carbocycles. The fourth-order valence-electron chi connectivity index (χ4n) is 3.91. The summed E-state index contributed by atoms with van der Waals surface area (Å²) in [4.78, 5) is 24.7. The molecular formula is C21H23N7O. The summed E-state index contributed by atoms with van der Waals surface area (Å²) in [7, 11) is 0. The maximum absolute atomic E-state index is 12.7. The molecule has 0 unspecified atom stereocenters. The van der Waals surface area contributed by atoms with Crippen LogP contribution in [0.25, 0.3) is 27.8 Å². The summed E-state index contributed by atoms with van der Waals surface area (Å²) in [5.74, 6) is 0.534. The summed E-state index contributed by atoms with van der Waals surface area (Å²) in [6.45, 7) is 5.92. The Morgan fingerprint density at radius 1 is 1.14 bits per heavy atom. The van der Waals surface area contributed by atoms with Crippen molar-refractivity contribution in [2.75, 3.05) is 18.4 Å². The maximum atomic E-state index is 12.7. The van der Waals surface area contributed by atoms with E-state index in [0.29, 0.717) is 22.9 Å². The lowest BCUT2D eigenvalue weighted by Crippen LogP contribution is -2.36. The van der Waals surface area contributed by atoms with Crippen LogP contribution in [0.5, 0.6) is 0 Å². The molecule has 1 aliphatic rings. The maximum Gasteiger partial charge on any atom is 0.260 e. The topological polar surface area (TPSA) is 100 Å². The molecule has 1 fully saturated rings. The number of anilines is 1. The normalized spacial score (nSPS) is 15.2. The lowest BCUT2D eigenvalue weighted by Gasteiger charge is -2.23. The first-order valence-electron chi connectivity index (χ1n) is 9.92. The molecule has 8 heteroatoms. The molecule has 0 spiro atoms. The third-order valence-electron chi connectivity index (χ3n) is 5.41. The predicted octanol–water partition coefficient (Wildman–Crippen LogP) is 2.41. The van der Waals surface area contributed by atoms with Crippen molar-refractivity contribution in [1.82, 2.24) is 29.9 Å². The van der Waals surface area contributed by atoms with E-state index in [1.165, 1.54) is 0 Å². The van der Waals surface area contributed by atoms with Crippen LogP contribution in [0, 0.1) is 13.8 Å². The molecule has 4 heterocycles. The highest BCUT2D eigenvalue weighted by Gasteiger charge is 2.15. The van der Waals surface area contributed by atoms with Gasteiger partial charge >= 0.3 is 0 Å². The van der Waals surface area contributed by atoms with Gasteiger partial charge in [0.25, 0.3) is 5.56 Å². The van der Waals surface area contributed by atoms with Gasteiger partial charge in [-0.15, -0.1) is 0 Å². The number of aromatic amines is 1. The zero-order valence-electron chi connectivity index (χ0n) is 16.5. The first-order chi connectivity index (χ1) is 14.1. The Morgan fingerprint density at radius 3 is 2.79 bits per heavy atom. The van der Waals surface area contributed by atoms with Crippen LogP contribution in [0.1, 0.15) is 24.1 Å². The number of nitrogens with one attached hydrogen (secondary N) is 3. The Kier molecular flexibility index (Phi) is 4.28. The Morgan fingerprint density at radius 2 is 1.97 bits per heavy atom. The number of rotatable bonds is 3. The predicted molar refractivity (Wildman–Crippen MR) is 113 cm³/mol. The first-order valence-corrected chi connectivity index (χ1v) is 9.92. The van der Waals surface area contributed by atoms with Crippen molar-refractivity contribution in [2.24, 2.45) is 0 Å². The van der Waals surface area contributed by atoms with E-state index in [2.05, 4.69) is 30.7 Å². The van der Waals surface area contributed by atoms with Gasteiger partial charge in [-0.25, -0.2) is 14.5 Å². The fourth-order valence-corrected chi connectivity index (χ4v) is 3.91. The number of aryl methyl sites for hydroxylation is 2. The van der Waals surface area contributed by atoms with Gasteiger partial charge < -0.3 is 10.6 Å².